The highest BCUT2D eigenvalue weighted by molar-refractivity contribution is 5.70. The number of ether oxygens (including phenoxy) is 4. The van der Waals surface area contributed by atoms with E-state index in [1.807, 2.05) is 21.1 Å². The van der Waals surface area contributed by atoms with E-state index in [9.17, 15) is 19.5 Å². The number of allylic oxidation sites excluding steroid dienone is 22. The van der Waals surface area contributed by atoms with Crippen molar-refractivity contribution in [2.45, 2.75) is 283 Å². The molecule has 0 bridgehead atoms. The molecular weight excluding hydrogens is 1050 g/mol. The number of rotatable bonds is 62. The first-order chi connectivity index (χ1) is 41.6. The molecule has 0 saturated heterocycles. The highest BCUT2D eigenvalue weighted by Gasteiger charge is 2.22. The summed E-state index contributed by atoms with van der Waals surface area (Å²) < 4.78 is 22.8. The van der Waals surface area contributed by atoms with Crippen LogP contribution in [-0.4, -0.2) is 82.3 Å². The van der Waals surface area contributed by atoms with Gasteiger partial charge >= 0.3 is 11.9 Å². The Morgan fingerprint density at radius 1 is 0.353 bits per heavy atom. The monoisotopic (exact) mass is 1180 g/mol. The molecule has 0 aliphatic heterocycles. The van der Waals surface area contributed by atoms with Crippen LogP contribution in [0.5, 0.6) is 0 Å². The molecular formula is C76H127NO8. The van der Waals surface area contributed by atoms with Gasteiger partial charge in [0.05, 0.1) is 40.3 Å². The number of unbranched alkanes of at least 4 members (excludes halogenated alkanes) is 25. The van der Waals surface area contributed by atoms with Crippen molar-refractivity contribution in [1.82, 2.24) is 0 Å². The van der Waals surface area contributed by atoms with Gasteiger partial charge in [-0.25, -0.2) is 0 Å². The summed E-state index contributed by atoms with van der Waals surface area (Å²) in [6.45, 7) is 4.51. The zero-order valence-corrected chi connectivity index (χ0v) is 55.2. The van der Waals surface area contributed by atoms with E-state index < -0.39 is 24.3 Å². The molecule has 0 radical (unpaired) electrons. The molecule has 0 heterocycles. The largest absolute Gasteiger partial charge is 0.545 e. The van der Waals surface area contributed by atoms with Crippen LogP contribution in [0, 0.1) is 0 Å². The van der Waals surface area contributed by atoms with Crippen LogP contribution >= 0.6 is 0 Å². The Bertz CT molecular complexity index is 1860. The fourth-order valence-electron chi connectivity index (χ4n) is 9.22. The van der Waals surface area contributed by atoms with Crippen LogP contribution in [0.1, 0.15) is 271 Å². The number of carbonyl (C=O) groups excluding carboxylic acids is 3. The molecule has 2 atom stereocenters. The third kappa shape index (κ3) is 66.8. The Balaban J connectivity index is 4.13. The fraction of sp³-hybridized carbons (Fsp3) is 0.671. The molecule has 0 rings (SSSR count). The molecule has 9 heteroatoms. The van der Waals surface area contributed by atoms with Crippen LogP contribution < -0.4 is 5.11 Å². The van der Waals surface area contributed by atoms with Crippen LogP contribution in [0.25, 0.3) is 0 Å². The Morgan fingerprint density at radius 2 is 0.635 bits per heavy atom. The van der Waals surface area contributed by atoms with Gasteiger partial charge in [-0.2, -0.15) is 0 Å². The molecule has 0 amide bonds. The van der Waals surface area contributed by atoms with Crippen molar-refractivity contribution >= 4 is 17.9 Å². The van der Waals surface area contributed by atoms with Gasteiger partial charge in [0.2, 0.25) is 0 Å². The first-order valence-electron chi connectivity index (χ1n) is 34.3. The minimum atomic E-state index is -1.63. The van der Waals surface area contributed by atoms with Gasteiger partial charge in [0, 0.05) is 12.8 Å². The number of quaternary nitrogens is 1. The fourth-order valence-corrected chi connectivity index (χ4v) is 9.22. The highest BCUT2D eigenvalue weighted by Crippen LogP contribution is 2.17. The summed E-state index contributed by atoms with van der Waals surface area (Å²) in [5.41, 5.74) is 0. The number of carboxylic acid groups (broad SMARTS) is 1. The summed E-state index contributed by atoms with van der Waals surface area (Å²) in [5.74, 6) is -2.31. The Kier molecular flexibility index (Phi) is 61.9. The maximum absolute atomic E-state index is 12.9. The van der Waals surface area contributed by atoms with E-state index in [1.165, 1.54) is 109 Å². The number of hydrogen-bond donors (Lipinski definition) is 0. The molecule has 2 unspecified atom stereocenters. The van der Waals surface area contributed by atoms with Gasteiger partial charge in [0.1, 0.15) is 13.2 Å². The van der Waals surface area contributed by atoms with Crippen LogP contribution in [0.3, 0.4) is 0 Å². The van der Waals surface area contributed by atoms with Gasteiger partial charge in [-0.05, 0) is 109 Å². The zero-order chi connectivity index (χ0) is 61.9. The van der Waals surface area contributed by atoms with Gasteiger partial charge in [-0.1, -0.05) is 282 Å². The zero-order valence-electron chi connectivity index (χ0n) is 55.2. The van der Waals surface area contributed by atoms with E-state index in [0.29, 0.717) is 17.4 Å². The second kappa shape index (κ2) is 65.4. The number of nitrogens with zero attached hydrogens (tertiary/aromatic N) is 1. The Hall–Kier alpha value is -4.57. The summed E-state index contributed by atoms with van der Waals surface area (Å²) in [6, 6.07) is 0. The van der Waals surface area contributed by atoms with Crippen molar-refractivity contribution in [3.05, 3.63) is 134 Å². The average Bonchev–Trinajstić information content (AvgIpc) is 3.49. The van der Waals surface area contributed by atoms with Crippen LogP contribution in [0.15, 0.2) is 134 Å². The quantitative estimate of drug-likeness (QED) is 0.0195. The van der Waals surface area contributed by atoms with Crippen molar-refractivity contribution in [3.63, 3.8) is 0 Å². The number of esters is 2. The molecule has 0 aromatic carbocycles. The molecule has 0 N–H and O–H groups in total. The topological polar surface area (TPSA) is 111 Å². The van der Waals surface area contributed by atoms with Gasteiger partial charge < -0.3 is 33.3 Å². The molecule has 0 aliphatic rings. The van der Waals surface area contributed by atoms with Crippen LogP contribution in [-0.2, 0) is 33.3 Å². The standard InChI is InChI=1S/C76H127NO8/c1-6-8-10-12-14-16-18-20-22-24-26-28-30-32-33-34-35-36-37-38-39-40-41-43-44-46-48-50-52-54-56-58-60-62-64-66-73(78)83-70-72(71-84-76(75(80)81)82-69-68-77(3,4)5)85-74(79)67-65-63-61-59-57-55-53-51-49-47-45-42-31-29-27-25-23-21-19-17-15-13-11-9-7-2/h8-11,14-17,20-23,26-29,32-33,42,45,49,51,72,76H,6-7,12-13,18-19,24-25,30-31,34-41,43-44,46-48,50,52-71H2,1-5H3/b10-8-,11-9-,16-14-,17-15-,22-20-,23-21-,28-26-,29-27-,33-32-,45-42-,51-49-. The Morgan fingerprint density at radius 3 is 0.941 bits per heavy atom. The predicted octanol–water partition coefficient (Wildman–Crippen LogP) is 20.0. The maximum Gasteiger partial charge on any atom is 0.306 e. The van der Waals surface area contributed by atoms with Crippen molar-refractivity contribution in [3.8, 4) is 0 Å². The molecule has 0 saturated carbocycles. The van der Waals surface area contributed by atoms with Gasteiger partial charge in [-0.15, -0.1) is 0 Å². The maximum atomic E-state index is 12.9. The van der Waals surface area contributed by atoms with Gasteiger partial charge in [0.25, 0.3) is 0 Å². The number of hydrogen-bond acceptors (Lipinski definition) is 8. The molecule has 9 nitrogen and oxygen atoms in total. The second-order valence-corrected chi connectivity index (χ2v) is 23.7. The van der Waals surface area contributed by atoms with Crippen molar-refractivity contribution in [2.24, 2.45) is 0 Å². The van der Waals surface area contributed by atoms with E-state index in [1.54, 1.807) is 0 Å². The molecule has 0 aromatic rings. The van der Waals surface area contributed by atoms with E-state index in [0.717, 1.165) is 128 Å². The number of carbonyl (C=O) groups is 3. The summed E-state index contributed by atoms with van der Waals surface area (Å²) >= 11 is 0. The summed E-state index contributed by atoms with van der Waals surface area (Å²) in [7, 11) is 5.92. The summed E-state index contributed by atoms with van der Waals surface area (Å²) in [4.78, 5) is 37.5. The SMILES string of the molecule is CC/C=C\C/C=C\C/C=C\C/C=C\C/C=C\C/C=C\CCCCCCCCC(=O)OC(COC(=O)CCCCCCCCCCCCCCCCCCCCC/C=C\C/C=C\C/C=C\C/C=C\C/C=C\CC)COC(OCC[N+](C)(C)C)C(=O)[O-]. The predicted molar refractivity (Wildman–Crippen MR) is 361 cm³/mol. The smallest absolute Gasteiger partial charge is 0.306 e. The van der Waals surface area contributed by atoms with Crippen LogP contribution in [0.2, 0.25) is 0 Å². The van der Waals surface area contributed by atoms with E-state index in [4.69, 9.17) is 18.9 Å². The third-order valence-corrected chi connectivity index (χ3v) is 14.4. The van der Waals surface area contributed by atoms with E-state index >= 15 is 0 Å². The second-order valence-electron chi connectivity index (χ2n) is 23.7. The lowest BCUT2D eigenvalue weighted by Gasteiger charge is -2.26. The number of carboxylic acids is 1. The minimum absolute atomic E-state index is 0.139. The lowest BCUT2D eigenvalue weighted by molar-refractivity contribution is -0.870. The van der Waals surface area contributed by atoms with Crippen molar-refractivity contribution < 1.29 is 42.9 Å². The molecule has 0 aliphatic carbocycles. The molecule has 0 aromatic heterocycles. The normalized spacial score (nSPS) is 13.6. The van der Waals surface area contributed by atoms with Crippen molar-refractivity contribution in [1.29, 1.82) is 0 Å². The Labute approximate surface area is 522 Å². The van der Waals surface area contributed by atoms with Crippen molar-refractivity contribution in [2.75, 3.05) is 47.5 Å². The van der Waals surface area contributed by atoms with E-state index in [2.05, 4.69) is 148 Å². The first-order valence-corrected chi connectivity index (χ1v) is 34.3. The average molecular weight is 1180 g/mol. The molecule has 484 valence electrons. The molecule has 0 fully saturated rings. The summed E-state index contributed by atoms with van der Waals surface area (Å²) in [5, 5.41) is 11.8. The highest BCUT2D eigenvalue weighted by atomic mass is 16.7. The van der Waals surface area contributed by atoms with Gasteiger partial charge in [0.15, 0.2) is 12.4 Å². The number of aliphatic carboxylic acids is 1. The lowest BCUT2D eigenvalue weighted by Crippen LogP contribution is -2.44. The molecule has 85 heavy (non-hydrogen) atoms. The molecule has 0 spiro atoms. The number of likely N-dealkylation sites (N-methyl/N-ethyl adjacent to an activating group) is 1. The first kappa shape index (κ1) is 80.4. The lowest BCUT2D eigenvalue weighted by atomic mass is 10.0. The minimum Gasteiger partial charge on any atom is -0.545 e. The third-order valence-electron chi connectivity index (χ3n) is 14.4. The van der Waals surface area contributed by atoms with Crippen LogP contribution in [0.4, 0.5) is 0 Å². The van der Waals surface area contributed by atoms with E-state index in [-0.39, 0.29) is 38.6 Å². The summed E-state index contributed by atoms with van der Waals surface area (Å²) in [6.07, 6.45) is 91.0. The van der Waals surface area contributed by atoms with Gasteiger partial charge in [-0.3, -0.25) is 9.59 Å².